The Labute approximate surface area is 111 Å². The van der Waals surface area contributed by atoms with Crippen LogP contribution >= 0.6 is 0 Å². The van der Waals surface area contributed by atoms with E-state index in [-0.39, 0.29) is 42.9 Å². The average molecular weight is 270 g/mol. The Hall–Kier alpha value is 0.476. The largest absolute Gasteiger partial charge is 2.00 e. The molecule has 10 heteroatoms. The van der Waals surface area contributed by atoms with E-state index in [9.17, 15) is 0 Å². The van der Waals surface area contributed by atoms with Gasteiger partial charge in [-0.1, -0.05) is 0 Å². The van der Waals surface area contributed by atoms with Crippen LogP contribution in [0.3, 0.4) is 0 Å². The van der Waals surface area contributed by atoms with Crippen LogP contribution in [0.2, 0.25) is 0 Å². The fraction of sp³-hybridized carbons (Fsp3) is 1.00. The van der Waals surface area contributed by atoms with E-state index in [0.29, 0.717) is 19.6 Å². The molecule has 16 heavy (non-hydrogen) atoms. The number of aliphatic hydroxyl groups is 3. The molecule has 0 saturated heterocycles. The summed E-state index contributed by atoms with van der Waals surface area (Å²) >= 11 is 0. The molecular weight excluding hydrogens is 254 g/mol. The zero-order valence-corrected chi connectivity index (χ0v) is 11.0. The molecule has 0 spiro atoms. The molecule has 0 saturated carbocycles. The first-order valence-electron chi connectivity index (χ1n) is 4.06. The molecule has 0 aromatic carbocycles. The first-order chi connectivity index (χ1) is 6.85. The van der Waals surface area contributed by atoms with Gasteiger partial charge in [0.1, 0.15) is 0 Å². The minimum atomic E-state index is -5.17. The summed E-state index contributed by atoms with van der Waals surface area (Å²) in [7, 11) is -5.17. The van der Waals surface area contributed by atoms with Crippen LogP contribution in [0.25, 0.3) is 0 Å². The van der Waals surface area contributed by atoms with Gasteiger partial charge in [0, 0.05) is 30.0 Å². The fourth-order valence-corrected chi connectivity index (χ4v) is 0.760. The van der Waals surface area contributed by atoms with Crippen LogP contribution in [-0.2, 0) is 10.4 Å². The van der Waals surface area contributed by atoms with E-state index in [2.05, 4.69) is 0 Å². The van der Waals surface area contributed by atoms with Crippen molar-refractivity contribution in [1.82, 2.24) is 4.90 Å². The molecule has 0 heterocycles. The monoisotopic (exact) mass is 269 g/mol. The number of hydrogen-bond acceptors (Lipinski definition) is 8. The van der Waals surface area contributed by atoms with Gasteiger partial charge in [-0.2, -0.15) is 0 Å². The number of rotatable bonds is 6. The maximum atomic E-state index is 8.52. The summed E-state index contributed by atoms with van der Waals surface area (Å²) in [4.78, 5) is 1.79. The van der Waals surface area contributed by atoms with Crippen molar-refractivity contribution < 1.29 is 32.8 Å². The standard InChI is InChI=1S/C6H15NO3.Mg.H2O4S/c8-4-1-7(2-5-9)3-6-10;;1-5(2,3)4/h8-10H,1-6H2;;(H2,1,2,3,4)/q;+2;/p-2. The number of aliphatic hydroxyl groups excluding tert-OH is 3. The molecule has 0 aromatic heterocycles. The van der Waals surface area contributed by atoms with E-state index in [0.717, 1.165) is 0 Å². The Bertz CT molecular complexity index is 201. The van der Waals surface area contributed by atoms with Crippen molar-refractivity contribution >= 4 is 33.5 Å². The van der Waals surface area contributed by atoms with Crippen molar-refractivity contribution in [3.63, 3.8) is 0 Å². The van der Waals surface area contributed by atoms with Crippen LogP contribution in [0.4, 0.5) is 0 Å². The first kappa shape index (κ1) is 21.7. The molecule has 0 atom stereocenters. The summed E-state index contributed by atoms with van der Waals surface area (Å²) < 4.78 is 34.1. The minimum absolute atomic E-state index is 0. The van der Waals surface area contributed by atoms with Crippen molar-refractivity contribution in [2.75, 3.05) is 39.5 Å². The molecule has 94 valence electrons. The maximum Gasteiger partial charge on any atom is 2.00 e. The molecule has 0 aromatic rings. The molecule has 3 N–H and O–H groups in total. The Balaban J connectivity index is -0.000000242. The van der Waals surface area contributed by atoms with Crippen LogP contribution in [0.1, 0.15) is 0 Å². The van der Waals surface area contributed by atoms with Gasteiger partial charge in [-0.15, -0.1) is 0 Å². The van der Waals surface area contributed by atoms with Crippen molar-refractivity contribution in [1.29, 1.82) is 0 Å². The molecule has 0 aliphatic carbocycles. The Morgan fingerprint density at radius 3 is 1.19 bits per heavy atom. The third kappa shape index (κ3) is 29.3. The second-order valence-electron chi connectivity index (χ2n) is 2.42. The predicted molar refractivity (Wildman–Crippen MR) is 53.9 cm³/mol. The molecule has 0 unspecified atom stereocenters. The molecule has 0 radical (unpaired) electrons. The summed E-state index contributed by atoms with van der Waals surface area (Å²) in [6.07, 6.45) is 0. The Morgan fingerprint density at radius 2 is 1.06 bits per heavy atom. The van der Waals surface area contributed by atoms with E-state index in [1.807, 2.05) is 0 Å². The zero-order valence-electron chi connectivity index (χ0n) is 8.78. The van der Waals surface area contributed by atoms with Gasteiger partial charge in [-0.05, 0) is 0 Å². The van der Waals surface area contributed by atoms with Crippen molar-refractivity contribution in [2.45, 2.75) is 0 Å². The fourth-order valence-electron chi connectivity index (χ4n) is 0.760. The Kier molecular flexibility index (Phi) is 18.4. The van der Waals surface area contributed by atoms with Crippen LogP contribution in [-0.4, -0.2) is 100 Å². The number of hydrogen-bond donors (Lipinski definition) is 3. The summed E-state index contributed by atoms with van der Waals surface area (Å²) in [5, 5.41) is 25.5. The van der Waals surface area contributed by atoms with Gasteiger partial charge in [-0.25, -0.2) is 0 Å². The van der Waals surface area contributed by atoms with E-state index < -0.39 is 10.4 Å². The van der Waals surface area contributed by atoms with Gasteiger partial charge >= 0.3 is 23.1 Å². The normalized spacial score (nSPS) is 10.4. The van der Waals surface area contributed by atoms with Crippen molar-refractivity contribution in [3.8, 4) is 0 Å². The maximum absolute atomic E-state index is 8.52. The van der Waals surface area contributed by atoms with Gasteiger partial charge in [0.25, 0.3) is 0 Å². The SMILES string of the molecule is O=S(=O)([O-])[O-].OCCN(CCO)CCO.[Mg+2]. The molecule has 0 aliphatic heterocycles. The van der Waals surface area contributed by atoms with Crippen LogP contribution < -0.4 is 0 Å². The summed E-state index contributed by atoms with van der Waals surface area (Å²) in [6.45, 7) is 1.75. The minimum Gasteiger partial charge on any atom is -0.759 e. The van der Waals surface area contributed by atoms with Gasteiger partial charge in [-0.3, -0.25) is 13.3 Å². The predicted octanol–water partition coefficient (Wildman–Crippen LogP) is -3.45. The zero-order chi connectivity index (χ0) is 12.3. The summed E-state index contributed by atoms with van der Waals surface area (Å²) in [5.41, 5.74) is 0. The first-order valence-corrected chi connectivity index (χ1v) is 5.40. The quantitative estimate of drug-likeness (QED) is 0.256. The molecule has 0 rings (SSSR count). The van der Waals surface area contributed by atoms with Crippen molar-refractivity contribution in [2.24, 2.45) is 0 Å². The van der Waals surface area contributed by atoms with E-state index in [1.165, 1.54) is 0 Å². The van der Waals surface area contributed by atoms with Gasteiger partial charge in [0.2, 0.25) is 0 Å². The second kappa shape index (κ2) is 13.5. The number of nitrogens with zero attached hydrogens (tertiary/aromatic N) is 1. The van der Waals surface area contributed by atoms with Gasteiger partial charge in [0.15, 0.2) is 0 Å². The third-order valence-corrected chi connectivity index (χ3v) is 1.25. The average Bonchev–Trinajstić information content (AvgIpc) is 2.02. The van der Waals surface area contributed by atoms with Gasteiger partial charge < -0.3 is 24.4 Å². The van der Waals surface area contributed by atoms with Crippen LogP contribution in [0.15, 0.2) is 0 Å². The smallest absolute Gasteiger partial charge is 0.759 e. The molecule has 0 aliphatic rings. The molecule has 0 amide bonds. The van der Waals surface area contributed by atoms with Crippen molar-refractivity contribution in [3.05, 3.63) is 0 Å². The third-order valence-electron chi connectivity index (χ3n) is 1.25. The van der Waals surface area contributed by atoms with Gasteiger partial charge in [0.05, 0.1) is 19.8 Å². The van der Waals surface area contributed by atoms with E-state index in [1.54, 1.807) is 4.90 Å². The topological polar surface area (TPSA) is 144 Å². The second-order valence-corrected chi connectivity index (χ2v) is 3.24. The molecular formula is C6H15MgNO7S. The summed E-state index contributed by atoms with van der Waals surface area (Å²) in [5.74, 6) is 0. The van der Waals surface area contributed by atoms with Crippen LogP contribution in [0, 0.1) is 0 Å². The summed E-state index contributed by atoms with van der Waals surface area (Å²) in [6, 6.07) is 0. The molecule has 8 nitrogen and oxygen atoms in total. The Morgan fingerprint density at radius 1 is 0.875 bits per heavy atom. The molecule has 0 bridgehead atoms. The van der Waals surface area contributed by atoms with Crippen LogP contribution in [0.5, 0.6) is 0 Å². The van der Waals surface area contributed by atoms with E-state index >= 15 is 0 Å². The van der Waals surface area contributed by atoms with E-state index in [4.69, 9.17) is 32.8 Å². The molecule has 0 fully saturated rings.